The Labute approximate surface area is 91.9 Å². The van der Waals surface area contributed by atoms with Gasteiger partial charge in [0, 0.05) is 23.8 Å². The van der Waals surface area contributed by atoms with Gasteiger partial charge in [0.05, 0.1) is 18.0 Å². The predicted molar refractivity (Wildman–Crippen MR) is 59.4 cm³/mol. The van der Waals surface area contributed by atoms with Gasteiger partial charge in [-0.25, -0.2) is 0 Å². The molecule has 0 atom stereocenters. The molecule has 1 fully saturated rings. The van der Waals surface area contributed by atoms with Crippen LogP contribution in [0, 0.1) is 0 Å². The molecule has 1 saturated heterocycles. The van der Waals surface area contributed by atoms with Crippen molar-refractivity contribution in [2.45, 2.75) is 18.9 Å². The highest BCUT2D eigenvalue weighted by molar-refractivity contribution is 9.10. The number of anilines is 1. The van der Waals surface area contributed by atoms with E-state index in [4.69, 9.17) is 0 Å². The van der Waals surface area contributed by atoms with E-state index in [2.05, 4.69) is 25.8 Å². The Bertz CT molecular complexity index is 311. The van der Waals surface area contributed by atoms with Crippen molar-refractivity contribution in [2.75, 3.05) is 18.0 Å². The maximum absolute atomic E-state index is 9.39. The monoisotopic (exact) mass is 256 g/mol. The summed E-state index contributed by atoms with van der Waals surface area (Å²) >= 11 is 3.50. The molecule has 2 heterocycles. The maximum atomic E-state index is 9.39. The molecule has 1 aliphatic heterocycles. The molecule has 1 aromatic rings. The lowest BCUT2D eigenvalue weighted by Crippen LogP contribution is -2.36. The van der Waals surface area contributed by atoms with Gasteiger partial charge in [0.2, 0.25) is 0 Å². The molecule has 0 saturated carbocycles. The molecular formula is C10H13BrN2O. The summed E-state index contributed by atoms with van der Waals surface area (Å²) in [7, 11) is 0. The normalized spacial score (nSPS) is 18.6. The fourth-order valence-electron chi connectivity index (χ4n) is 1.71. The number of hydrogen-bond donors (Lipinski definition) is 1. The number of piperidine rings is 1. The van der Waals surface area contributed by atoms with Gasteiger partial charge in [0.1, 0.15) is 0 Å². The topological polar surface area (TPSA) is 36.4 Å². The van der Waals surface area contributed by atoms with Crippen LogP contribution < -0.4 is 4.90 Å². The van der Waals surface area contributed by atoms with Gasteiger partial charge in [0.15, 0.2) is 0 Å². The van der Waals surface area contributed by atoms with Gasteiger partial charge < -0.3 is 10.0 Å². The lowest BCUT2D eigenvalue weighted by atomic mass is 10.1. The van der Waals surface area contributed by atoms with E-state index in [-0.39, 0.29) is 6.10 Å². The average molecular weight is 257 g/mol. The zero-order valence-corrected chi connectivity index (χ0v) is 9.44. The molecule has 3 nitrogen and oxygen atoms in total. The molecule has 4 heteroatoms. The minimum atomic E-state index is -0.123. The number of aliphatic hydroxyl groups is 1. The summed E-state index contributed by atoms with van der Waals surface area (Å²) in [5.74, 6) is 0. The van der Waals surface area contributed by atoms with Crippen LogP contribution >= 0.6 is 15.9 Å². The standard InChI is InChI=1S/C10H13BrN2O/c11-9-1-4-12-7-10(9)13-5-2-8(14)3-6-13/h1,4,7-8,14H,2-3,5-6H2. The molecule has 0 unspecified atom stereocenters. The zero-order chi connectivity index (χ0) is 9.97. The summed E-state index contributed by atoms with van der Waals surface area (Å²) in [6.07, 6.45) is 5.21. The molecule has 14 heavy (non-hydrogen) atoms. The third-order valence-electron chi connectivity index (χ3n) is 2.55. The van der Waals surface area contributed by atoms with E-state index >= 15 is 0 Å². The first kappa shape index (κ1) is 9.93. The summed E-state index contributed by atoms with van der Waals surface area (Å²) in [5, 5.41) is 9.39. The smallest absolute Gasteiger partial charge is 0.0697 e. The van der Waals surface area contributed by atoms with Crippen molar-refractivity contribution in [1.82, 2.24) is 4.98 Å². The van der Waals surface area contributed by atoms with Crippen molar-refractivity contribution in [2.24, 2.45) is 0 Å². The van der Waals surface area contributed by atoms with Gasteiger partial charge in [0.25, 0.3) is 0 Å². The first-order valence-electron chi connectivity index (χ1n) is 4.80. The van der Waals surface area contributed by atoms with E-state index < -0.39 is 0 Å². The van der Waals surface area contributed by atoms with Crippen LogP contribution in [0.4, 0.5) is 5.69 Å². The van der Waals surface area contributed by atoms with E-state index in [9.17, 15) is 5.11 Å². The Balaban J connectivity index is 2.12. The molecule has 76 valence electrons. The van der Waals surface area contributed by atoms with E-state index in [0.717, 1.165) is 36.1 Å². The predicted octanol–water partition coefficient (Wildman–Crippen LogP) is 1.81. The third-order valence-corrected chi connectivity index (χ3v) is 3.22. The summed E-state index contributed by atoms with van der Waals surface area (Å²) in [4.78, 5) is 6.36. The zero-order valence-electron chi connectivity index (χ0n) is 7.86. The SMILES string of the molecule is OC1CCN(c2cnccc2Br)CC1. The van der Waals surface area contributed by atoms with Crippen molar-refractivity contribution in [3.8, 4) is 0 Å². The second-order valence-corrected chi connectivity index (χ2v) is 4.40. The second-order valence-electron chi connectivity index (χ2n) is 3.55. The first-order chi connectivity index (χ1) is 6.77. The van der Waals surface area contributed by atoms with Gasteiger partial charge in [-0.05, 0) is 34.8 Å². The Morgan fingerprint density at radius 2 is 2.14 bits per heavy atom. The number of aliphatic hydroxyl groups excluding tert-OH is 1. The van der Waals surface area contributed by atoms with E-state index in [1.165, 1.54) is 0 Å². The number of nitrogens with zero attached hydrogens (tertiary/aromatic N) is 2. The highest BCUT2D eigenvalue weighted by Gasteiger charge is 2.18. The molecule has 0 spiro atoms. The van der Waals surface area contributed by atoms with Crippen LogP contribution in [-0.2, 0) is 0 Å². The van der Waals surface area contributed by atoms with Crippen molar-refractivity contribution in [3.05, 3.63) is 22.9 Å². The minimum absolute atomic E-state index is 0.123. The first-order valence-corrected chi connectivity index (χ1v) is 5.59. The highest BCUT2D eigenvalue weighted by atomic mass is 79.9. The van der Waals surface area contributed by atoms with Crippen LogP contribution in [0.15, 0.2) is 22.9 Å². The van der Waals surface area contributed by atoms with Gasteiger partial charge >= 0.3 is 0 Å². The number of aromatic nitrogens is 1. The van der Waals surface area contributed by atoms with Gasteiger partial charge in [-0.2, -0.15) is 0 Å². The molecule has 0 aromatic carbocycles. The quantitative estimate of drug-likeness (QED) is 0.833. The number of rotatable bonds is 1. The van der Waals surface area contributed by atoms with Gasteiger partial charge in [-0.15, -0.1) is 0 Å². The Hall–Kier alpha value is -0.610. The van der Waals surface area contributed by atoms with E-state index in [0.29, 0.717) is 0 Å². The number of pyridine rings is 1. The van der Waals surface area contributed by atoms with Crippen molar-refractivity contribution in [1.29, 1.82) is 0 Å². The molecule has 0 bridgehead atoms. The molecule has 0 aliphatic carbocycles. The number of halogens is 1. The molecular weight excluding hydrogens is 244 g/mol. The lowest BCUT2D eigenvalue weighted by molar-refractivity contribution is 0.145. The fraction of sp³-hybridized carbons (Fsp3) is 0.500. The molecule has 0 radical (unpaired) electrons. The van der Waals surface area contributed by atoms with Gasteiger partial charge in [-0.1, -0.05) is 0 Å². The van der Waals surface area contributed by atoms with Crippen LogP contribution in [0.1, 0.15) is 12.8 Å². The Morgan fingerprint density at radius 3 is 2.79 bits per heavy atom. The summed E-state index contributed by atoms with van der Waals surface area (Å²) in [6.45, 7) is 1.82. The van der Waals surface area contributed by atoms with Crippen LogP contribution in [-0.4, -0.2) is 29.3 Å². The van der Waals surface area contributed by atoms with Crippen molar-refractivity contribution < 1.29 is 5.11 Å². The van der Waals surface area contributed by atoms with E-state index in [1.807, 2.05) is 12.3 Å². The molecule has 1 aromatic heterocycles. The Morgan fingerprint density at radius 1 is 1.43 bits per heavy atom. The molecule has 1 N–H and O–H groups in total. The average Bonchev–Trinajstić information content (AvgIpc) is 2.20. The molecule has 2 rings (SSSR count). The summed E-state index contributed by atoms with van der Waals surface area (Å²) in [6, 6.07) is 1.94. The van der Waals surface area contributed by atoms with Gasteiger partial charge in [-0.3, -0.25) is 4.98 Å². The van der Waals surface area contributed by atoms with Crippen LogP contribution in [0.3, 0.4) is 0 Å². The Kier molecular flexibility index (Phi) is 3.03. The number of hydrogen-bond acceptors (Lipinski definition) is 3. The van der Waals surface area contributed by atoms with Crippen LogP contribution in [0.2, 0.25) is 0 Å². The lowest BCUT2D eigenvalue weighted by Gasteiger charge is -2.31. The largest absolute Gasteiger partial charge is 0.393 e. The van der Waals surface area contributed by atoms with Crippen LogP contribution in [0.5, 0.6) is 0 Å². The van der Waals surface area contributed by atoms with Crippen LogP contribution in [0.25, 0.3) is 0 Å². The minimum Gasteiger partial charge on any atom is -0.393 e. The molecule has 1 aliphatic rings. The third kappa shape index (κ3) is 2.07. The molecule has 0 amide bonds. The fourth-order valence-corrected chi connectivity index (χ4v) is 2.18. The summed E-state index contributed by atoms with van der Waals surface area (Å²) < 4.78 is 1.07. The van der Waals surface area contributed by atoms with Crippen molar-refractivity contribution in [3.63, 3.8) is 0 Å². The maximum Gasteiger partial charge on any atom is 0.0697 e. The van der Waals surface area contributed by atoms with E-state index in [1.54, 1.807) is 6.20 Å². The highest BCUT2D eigenvalue weighted by Crippen LogP contribution is 2.27. The van der Waals surface area contributed by atoms with Crippen molar-refractivity contribution >= 4 is 21.6 Å². The second kappa shape index (κ2) is 4.28. The summed E-state index contributed by atoms with van der Waals surface area (Å²) in [5.41, 5.74) is 1.12.